The molecule has 8 heteroatoms. The summed E-state index contributed by atoms with van der Waals surface area (Å²) in [5.74, 6) is -0.300. The van der Waals surface area contributed by atoms with Crippen LogP contribution in [-0.2, 0) is 10.1 Å². The summed E-state index contributed by atoms with van der Waals surface area (Å²) in [6.07, 6.45) is 1.33. The van der Waals surface area contributed by atoms with Gasteiger partial charge in [-0.05, 0) is 59.3 Å². The van der Waals surface area contributed by atoms with E-state index in [0.29, 0.717) is 15.6 Å². The number of carbonyl (C=O) groups excluding carboxylic acids is 1. The summed E-state index contributed by atoms with van der Waals surface area (Å²) in [5, 5.41) is 3.91. The highest BCUT2D eigenvalue weighted by molar-refractivity contribution is 9.10. The van der Waals surface area contributed by atoms with Crippen molar-refractivity contribution in [1.82, 2.24) is 5.43 Å². The molecule has 0 saturated carbocycles. The van der Waals surface area contributed by atoms with Gasteiger partial charge >= 0.3 is 10.1 Å². The number of aryl methyl sites for hydroxylation is 1. The lowest BCUT2D eigenvalue weighted by atomic mass is 10.2. The fraction of sp³-hybridized carbons (Fsp3) is 0.0476. The van der Waals surface area contributed by atoms with Gasteiger partial charge in [0.15, 0.2) is 5.75 Å². The zero-order valence-corrected chi connectivity index (χ0v) is 17.8. The van der Waals surface area contributed by atoms with E-state index in [2.05, 4.69) is 26.5 Å². The van der Waals surface area contributed by atoms with E-state index in [1.165, 1.54) is 24.4 Å². The number of hydrogen-bond acceptors (Lipinski definition) is 5. The standard InChI is InChI=1S/C21H17BrN2O4S/c1-15-10-12-17(13-11-15)29(26,27)28-20-9-5-2-6-16(20)14-23-24-21(25)18-7-3-4-8-19(18)22/h2-14H,1H3,(H,24,25)/b23-14-. The molecule has 0 spiro atoms. The summed E-state index contributed by atoms with van der Waals surface area (Å²) in [4.78, 5) is 12.3. The van der Waals surface area contributed by atoms with Crippen LogP contribution in [0.2, 0.25) is 0 Å². The normalized spacial score (nSPS) is 11.4. The Hall–Kier alpha value is -2.97. The Balaban J connectivity index is 1.77. The Morgan fingerprint density at radius 2 is 1.66 bits per heavy atom. The van der Waals surface area contributed by atoms with E-state index in [1.54, 1.807) is 54.6 Å². The summed E-state index contributed by atoms with van der Waals surface area (Å²) in [6.45, 7) is 1.87. The minimum absolute atomic E-state index is 0.0528. The summed E-state index contributed by atoms with van der Waals surface area (Å²) in [6, 6.07) is 19.8. The van der Waals surface area contributed by atoms with E-state index in [1.807, 2.05) is 6.92 Å². The van der Waals surface area contributed by atoms with Crippen LogP contribution in [0, 0.1) is 6.92 Å². The average Bonchev–Trinajstić information content (AvgIpc) is 2.69. The molecule has 148 valence electrons. The number of nitrogens with zero attached hydrogens (tertiary/aromatic N) is 1. The Bertz CT molecular complexity index is 1160. The zero-order valence-electron chi connectivity index (χ0n) is 15.4. The lowest BCUT2D eigenvalue weighted by Gasteiger charge is -2.09. The lowest BCUT2D eigenvalue weighted by molar-refractivity contribution is 0.0954. The fourth-order valence-electron chi connectivity index (χ4n) is 2.40. The number of nitrogens with one attached hydrogen (secondary N) is 1. The SMILES string of the molecule is Cc1ccc(S(=O)(=O)Oc2ccccc2/C=N\NC(=O)c2ccccc2Br)cc1. The van der Waals surface area contributed by atoms with Crippen molar-refractivity contribution < 1.29 is 17.4 Å². The number of halogens is 1. The summed E-state index contributed by atoms with van der Waals surface area (Å²) < 4.78 is 31.0. The van der Waals surface area contributed by atoms with E-state index in [-0.39, 0.29) is 10.6 Å². The minimum Gasteiger partial charge on any atom is -0.378 e. The second-order valence-electron chi connectivity index (χ2n) is 6.07. The number of hydrazone groups is 1. The van der Waals surface area contributed by atoms with E-state index in [4.69, 9.17) is 4.18 Å². The fourth-order valence-corrected chi connectivity index (χ4v) is 3.82. The smallest absolute Gasteiger partial charge is 0.339 e. The molecule has 0 unspecified atom stereocenters. The van der Waals surface area contributed by atoms with Gasteiger partial charge in [0.05, 0.1) is 11.8 Å². The highest BCUT2D eigenvalue weighted by Crippen LogP contribution is 2.22. The Kier molecular flexibility index (Phi) is 6.46. The van der Waals surface area contributed by atoms with Gasteiger partial charge in [-0.2, -0.15) is 13.5 Å². The first-order valence-electron chi connectivity index (χ1n) is 8.55. The minimum atomic E-state index is -4.00. The highest BCUT2D eigenvalue weighted by atomic mass is 79.9. The number of para-hydroxylation sites is 1. The van der Waals surface area contributed by atoms with Crippen molar-refractivity contribution in [3.8, 4) is 5.75 Å². The molecular weight excluding hydrogens is 456 g/mol. The van der Waals surface area contributed by atoms with Crippen LogP contribution >= 0.6 is 15.9 Å². The van der Waals surface area contributed by atoms with Gasteiger partial charge in [-0.15, -0.1) is 0 Å². The van der Waals surface area contributed by atoms with Crippen molar-refractivity contribution in [3.63, 3.8) is 0 Å². The van der Waals surface area contributed by atoms with E-state index in [0.717, 1.165) is 5.56 Å². The number of carbonyl (C=O) groups is 1. The average molecular weight is 473 g/mol. The molecule has 3 aromatic rings. The van der Waals surface area contributed by atoms with Gasteiger partial charge in [0, 0.05) is 10.0 Å². The molecule has 6 nitrogen and oxygen atoms in total. The summed E-state index contributed by atoms with van der Waals surface area (Å²) >= 11 is 3.31. The van der Waals surface area contributed by atoms with Crippen molar-refractivity contribution in [1.29, 1.82) is 0 Å². The number of benzene rings is 3. The van der Waals surface area contributed by atoms with Gasteiger partial charge in [0.1, 0.15) is 4.90 Å². The molecule has 0 aliphatic carbocycles. The molecule has 0 aromatic heterocycles. The third kappa shape index (κ3) is 5.30. The molecule has 0 fully saturated rings. The third-order valence-electron chi connectivity index (χ3n) is 3.92. The van der Waals surface area contributed by atoms with Gasteiger partial charge in [-0.3, -0.25) is 4.79 Å². The van der Waals surface area contributed by atoms with Gasteiger partial charge in [0.25, 0.3) is 5.91 Å². The molecule has 1 N–H and O–H groups in total. The zero-order chi connectivity index (χ0) is 20.9. The number of amides is 1. The van der Waals surface area contributed by atoms with E-state index in [9.17, 15) is 13.2 Å². The molecule has 0 atom stereocenters. The predicted molar refractivity (Wildman–Crippen MR) is 115 cm³/mol. The Morgan fingerprint density at radius 3 is 2.38 bits per heavy atom. The largest absolute Gasteiger partial charge is 0.378 e. The summed E-state index contributed by atoms with van der Waals surface area (Å²) in [7, 11) is -4.00. The molecule has 0 aliphatic heterocycles. The second kappa shape index (κ2) is 9.02. The maximum absolute atomic E-state index is 12.5. The molecule has 0 saturated heterocycles. The second-order valence-corrected chi connectivity index (χ2v) is 8.47. The van der Waals surface area contributed by atoms with Gasteiger partial charge < -0.3 is 4.18 Å². The summed E-state index contributed by atoms with van der Waals surface area (Å²) in [5.41, 5.74) is 4.18. The van der Waals surface area contributed by atoms with Crippen molar-refractivity contribution in [2.45, 2.75) is 11.8 Å². The molecule has 0 bridgehead atoms. The van der Waals surface area contributed by atoms with Crippen LogP contribution in [0.15, 0.2) is 87.3 Å². The third-order valence-corrected chi connectivity index (χ3v) is 5.86. The van der Waals surface area contributed by atoms with Crippen LogP contribution in [0.3, 0.4) is 0 Å². The van der Waals surface area contributed by atoms with Crippen molar-refractivity contribution in [2.75, 3.05) is 0 Å². The van der Waals surface area contributed by atoms with Crippen LogP contribution in [-0.4, -0.2) is 20.5 Å². The molecular formula is C21H17BrN2O4S. The molecule has 3 rings (SSSR count). The Labute approximate surface area is 177 Å². The van der Waals surface area contributed by atoms with Gasteiger partial charge in [-0.1, -0.05) is 42.0 Å². The highest BCUT2D eigenvalue weighted by Gasteiger charge is 2.18. The van der Waals surface area contributed by atoms with Crippen LogP contribution in [0.5, 0.6) is 5.75 Å². The molecule has 1 amide bonds. The van der Waals surface area contributed by atoms with Crippen LogP contribution in [0.4, 0.5) is 0 Å². The Morgan fingerprint density at radius 1 is 1.00 bits per heavy atom. The van der Waals surface area contributed by atoms with Gasteiger partial charge in [-0.25, -0.2) is 5.43 Å². The first kappa shape index (κ1) is 20.8. The molecule has 3 aromatic carbocycles. The lowest BCUT2D eigenvalue weighted by Crippen LogP contribution is -2.18. The van der Waals surface area contributed by atoms with Crippen molar-refractivity contribution >= 4 is 38.2 Å². The first-order valence-corrected chi connectivity index (χ1v) is 10.7. The number of hydrogen-bond donors (Lipinski definition) is 1. The quantitative estimate of drug-likeness (QED) is 0.329. The molecule has 29 heavy (non-hydrogen) atoms. The van der Waals surface area contributed by atoms with Crippen molar-refractivity contribution in [2.24, 2.45) is 5.10 Å². The monoisotopic (exact) mass is 472 g/mol. The van der Waals surface area contributed by atoms with E-state index < -0.39 is 16.0 Å². The maximum Gasteiger partial charge on any atom is 0.339 e. The predicted octanol–water partition coefficient (Wildman–Crippen LogP) is 4.29. The van der Waals surface area contributed by atoms with Gasteiger partial charge in [0.2, 0.25) is 0 Å². The van der Waals surface area contributed by atoms with Crippen LogP contribution in [0.1, 0.15) is 21.5 Å². The molecule has 0 heterocycles. The maximum atomic E-state index is 12.5. The topological polar surface area (TPSA) is 84.8 Å². The first-order chi connectivity index (χ1) is 13.9. The molecule has 0 aliphatic rings. The molecule has 0 radical (unpaired) electrons. The van der Waals surface area contributed by atoms with Crippen molar-refractivity contribution in [3.05, 3.63) is 94.0 Å². The van der Waals surface area contributed by atoms with Crippen LogP contribution in [0.25, 0.3) is 0 Å². The number of rotatable bonds is 6. The van der Waals surface area contributed by atoms with Crippen LogP contribution < -0.4 is 9.61 Å². The van der Waals surface area contributed by atoms with E-state index >= 15 is 0 Å².